The van der Waals surface area contributed by atoms with Crippen LogP contribution in [0.3, 0.4) is 0 Å². The number of aromatic nitrogens is 2. The molecule has 0 radical (unpaired) electrons. The van der Waals surface area contributed by atoms with Gasteiger partial charge < -0.3 is 9.47 Å². The van der Waals surface area contributed by atoms with Gasteiger partial charge in [0, 0.05) is 41.5 Å². The first kappa shape index (κ1) is 32.6. The predicted molar refractivity (Wildman–Crippen MR) is 223 cm³/mol. The maximum absolute atomic E-state index is 5.57. The van der Waals surface area contributed by atoms with Crippen LogP contribution in [0.5, 0.6) is 11.5 Å². The van der Waals surface area contributed by atoms with E-state index in [-0.39, 0.29) is 10.8 Å². The molecule has 2 aliphatic rings. The topological polar surface area (TPSA) is 44.2 Å². The largest absolute Gasteiger partial charge is 0.497 e. The number of thiophene rings is 2. The fourth-order valence-electron chi connectivity index (χ4n) is 8.53. The van der Waals surface area contributed by atoms with Gasteiger partial charge in [0.15, 0.2) is 0 Å². The van der Waals surface area contributed by atoms with E-state index in [0.29, 0.717) is 0 Å². The summed E-state index contributed by atoms with van der Waals surface area (Å²) < 4.78 is 20.8. The minimum Gasteiger partial charge on any atom is -0.497 e. The molecule has 2 aliphatic carbocycles. The van der Waals surface area contributed by atoms with Gasteiger partial charge in [-0.3, -0.25) is 0 Å². The zero-order valence-electron chi connectivity index (χ0n) is 30.3. The van der Waals surface area contributed by atoms with Crippen LogP contribution < -0.4 is 9.47 Å². The third-order valence-electron chi connectivity index (χ3n) is 11.5. The van der Waals surface area contributed by atoms with E-state index in [1.54, 1.807) is 14.2 Å². The van der Waals surface area contributed by atoms with Crippen molar-refractivity contribution in [1.29, 1.82) is 0 Å². The molecule has 260 valence electrons. The molecular formula is C46H36N2O2S3. The minimum absolute atomic E-state index is 0.108. The number of hydrogen-bond acceptors (Lipinski definition) is 7. The van der Waals surface area contributed by atoms with Gasteiger partial charge in [0.2, 0.25) is 0 Å². The Labute approximate surface area is 321 Å². The van der Waals surface area contributed by atoms with Crippen LogP contribution in [0.15, 0.2) is 109 Å². The van der Waals surface area contributed by atoms with Crippen LogP contribution in [0.4, 0.5) is 0 Å². The van der Waals surface area contributed by atoms with Crippen LogP contribution in [0.25, 0.3) is 75.0 Å². The molecule has 10 rings (SSSR count). The van der Waals surface area contributed by atoms with E-state index in [4.69, 9.17) is 18.2 Å². The summed E-state index contributed by atoms with van der Waals surface area (Å²) in [5.41, 5.74) is 17.0. The second-order valence-electron chi connectivity index (χ2n) is 15.0. The molecule has 4 nitrogen and oxygen atoms in total. The van der Waals surface area contributed by atoms with Crippen molar-refractivity contribution in [3.8, 4) is 75.5 Å². The number of nitrogens with zero attached hydrogens (tertiary/aromatic N) is 2. The molecule has 0 atom stereocenters. The highest BCUT2D eigenvalue weighted by atomic mass is 32.1. The average Bonchev–Trinajstić information content (AvgIpc) is 4.02. The average molecular weight is 745 g/mol. The van der Waals surface area contributed by atoms with Crippen molar-refractivity contribution in [3.05, 3.63) is 131 Å². The van der Waals surface area contributed by atoms with Gasteiger partial charge in [-0.05, 0) is 116 Å². The van der Waals surface area contributed by atoms with Crippen molar-refractivity contribution in [2.45, 2.75) is 38.5 Å². The van der Waals surface area contributed by atoms with Crippen molar-refractivity contribution in [1.82, 2.24) is 8.75 Å². The van der Waals surface area contributed by atoms with E-state index in [2.05, 4.69) is 137 Å². The van der Waals surface area contributed by atoms with Crippen LogP contribution >= 0.6 is 34.4 Å². The molecule has 0 aliphatic heterocycles. The summed E-state index contributed by atoms with van der Waals surface area (Å²) in [6.45, 7) is 9.25. The molecular weight excluding hydrogens is 709 g/mol. The summed E-state index contributed by atoms with van der Waals surface area (Å²) >= 11 is 4.92. The molecule has 8 aromatic rings. The number of methoxy groups -OCH3 is 2. The standard InChI is InChI=1S/C46H36N2O2S3/c1-45(2)35-21-25(7-11-29(35)31-13-9-27(49-5)23-37(31)45)39-17-19-41(51-39)33-15-16-34(44-43(33)47-53-48-44)42-20-18-40(52-42)26-8-12-30-32-14-10-28(50-6)24-38(32)46(3,4)36(30)22-26/h7-24H,1-6H3. The Kier molecular flexibility index (Phi) is 7.19. The highest BCUT2D eigenvalue weighted by molar-refractivity contribution is 7.19. The zero-order chi connectivity index (χ0) is 36.2. The first-order valence-electron chi connectivity index (χ1n) is 17.8. The molecule has 0 amide bonds. The minimum atomic E-state index is -0.108. The summed E-state index contributed by atoms with van der Waals surface area (Å²) in [6.07, 6.45) is 0. The number of hydrogen-bond donors (Lipinski definition) is 0. The lowest BCUT2D eigenvalue weighted by atomic mass is 9.82. The Morgan fingerprint density at radius 1 is 0.415 bits per heavy atom. The molecule has 0 N–H and O–H groups in total. The van der Waals surface area contributed by atoms with Crippen LogP contribution in [0.1, 0.15) is 49.9 Å². The Morgan fingerprint density at radius 2 is 0.774 bits per heavy atom. The Hall–Kier alpha value is -5.08. The third-order valence-corrected chi connectivity index (χ3v) is 14.4. The lowest BCUT2D eigenvalue weighted by molar-refractivity contribution is 0.413. The van der Waals surface area contributed by atoms with Gasteiger partial charge >= 0.3 is 0 Å². The van der Waals surface area contributed by atoms with Gasteiger partial charge in [0.1, 0.15) is 22.5 Å². The molecule has 0 fully saturated rings. The first-order chi connectivity index (χ1) is 25.6. The van der Waals surface area contributed by atoms with E-state index < -0.39 is 0 Å². The summed E-state index contributed by atoms with van der Waals surface area (Å²) in [5, 5.41) is 0. The van der Waals surface area contributed by atoms with Crippen molar-refractivity contribution in [2.75, 3.05) is 14.2 Å². The molecule has 0 bridgehead atoms. The molecule has 0 saturated heterocycles. The lowest BCUT2D eigenvalue weighted by Crippen LogP contribution is -2.15. The number of rotatable bonds is 6. The first-order valence-corrected chi connectivity index (χ1v) is 20.2. The monoisotopic (exact) mass is 744 g/mol. The molecule has 0 unspecified atom stereocenters. The normalized spacial score (nSPS) is 14.5. The number of fused-ring (bicyclic) bond motifs is 7. The Balaban J connectivity index is 0.958. The van der Waals surface area contributed by atoms with Crippen molar-refractivity contribution >= 4 is 45.4 Å². The maximum atomic E-state index is 5.57. The Bertz CT molecular complexity index is 2590. The molecule has 5 aromatic carbocycles. The zero-order valence-corrected chi connectivity index (χ0v) is 32.8. The van der Waals surface area contributed by atoms with E-state index in [9.17, 15) is 0 Å². The van der Waals surface area contributed by atoms with Crippen LogP contribution in [-0.2, 0) is 10.8 Å². The van der Waals surface area contributed by atoms with E-state index in [1.165, 1.54) is 86.9 Å². The molecule has 3 aromatic heterocycles. The number of benzene rings is 5. The van der Waals surface area contributed by atoms with Crippen molar-refractivity contribution in [3.63, 3.8) is 0 Å². The van der Waals surface area contributed by atoms with Gasteiger partial charge in [0.05, 0.1) is 25.9 Å². The fraction of sp³-hybridized carbons (Fsp3) is 0.174. The lowest BCUT2D eigenvalue weighted by Gasteiger charge is -2.22. The predicted octanol–water partition coefficient (Wildman–Crippen LogP) is 13.1. The Morgan fingerprint density at radius 3 is 1.19 bits per heavy atom. The molecule has 53 heavy (non-hydrogen) atoms. The molecule has 3 heterocycles. The quantitative estimate of drug-likeness (QED) is 0.170. The highest BCUT2D eigenvalue weighted by Gasteiger charge is 2.37. The summed E-state index contributed by atoms with van der Waals surface area (Å²) in [7, 11) is 3.47. The number of ether oxygens (including phenoxy) is 2. The maximum Gasteiger partial charge on any atom is 0.119 e. The summed E-state index contributed by atoms with van der Waals surface area (Å²) in [5.74, 6) is 1.80. The van der Waals surface area contributed by atoms with E-state index in [0.717, 1.165) is 33.7 Å². The molecule has 7 heteroatoms. The second-order valence-corrected chi connectivity index (χ2v) is 17.7. The van der Waals surface area contributed by atoms with Crippen LogP contribution in [0.2, 0.25) is 0 Å². The van der Waals surface area contributed by atoms with Gasteiger partial charge in [-0.2, -0.15) is 8.75 Å². The highest BCUT2D eigenvalue weighted by Crippen LogP contribution is 2.53. The van der Waals surface area contributed by atoms with E-state index >= 15 is 0 Å². The van der Waals surface area contributed by atoms with Crippen LogP contribution in [0, 0.1) is 0 Å². The van der Waals surface area contributed by atoms with Crippen molar-refractivity contribution in [2.24, 2.45) is 0 Å². The van der Waals surface area contributed by atoms with Gasteiger partial charge in [-0.25, -0.2) is 0 Å². The molecule has 0 spiro atoms. The summed E-state index contributed by atoms with van der Waals surface area (Å²) in [6, 6.07) is 40.2. The van der Waals surface area contributed by atoms with Crippen molar-refractivity contribution < 1.29 is 9.47 Å². The molecule has 0 saturated carbocycles. The van der Waals surface area contributed by atoms with Gasteiger partial charge in [-0.15, -0.1) is 22.7 Å². The smallest absolute Gasteiger partial charge is 0.119 e. The third kappa shape index (κ3) is 4.84. The van der Waals surface area contributed by atoms with Crippen LogP contribution in [-0.4, -0.2) is 23.0 Å². The van der Waals surface area contributed by atoms with Gasteiger partial charge in [-0.1, -0.05) is 76.2 Å². The van der Waals surface area contributed by atoms with E-state index in [1.807, 2.05) is 22.7 Å². The second kappa shape index (κ2) is 11.7. The SMILES string of the molecule is COc1ccc2c(c1)C(C)(C)c1cc(-c3ccc(-c4ccc(-c5ccc(-c6ccc7c(c6)C(C)(C)c6cc(OC)ccc6-7)s5)c5nsnc45)s3)ccc1-2. The van der Waals surface area contributed by atoms with Gasteiger partial charge in [0.25, 0.3) is 0 Å². The summed E-state index contributed by atoms with van der Waals surface area (Å²) in [4.78, 5) is 4.89. The fourth-order valence-corrected chi connectivity index (χ4v) is 11.2.